The Morgan fingerprint density at radius 3 is 2.57 bits per heavy atom. The van der Waals surface area contributed by atoms with Crippen LogP contribution in [0.4, 0.5) is 5.69 Å². The monoisotopic (exact) mass is 197 g/mol. The van der Waals surface area contributed by atoms with Crippen molar-refractivity contribution in [3.05, 3.63) is 11.9 Å². The van der Waals surface area contributed by atoms with E-state index >= 15 is 0 Å². The van der Waals surface area contributed by atoms with Crippen molar-refractivity contribution in [3.8, 4) is 0 Å². The molecule has 1 aromatic heterocycles. The van der Waals surface area contributed by atoms with Crippen LogP contribution in [-0.2, 0) is 6.54 Å². The molecule has 5 nitrogen and oxygen atoms in total. The highest BCUT2D eigenvalue weighted by Gasteiger charge is 2.17. The Kier molecular flexibility index (Phi) is 2.51. The number of aromatic nitrogens is 2. The summed E-state index contributed by atoms with van der Waals surface area (Å²) in [6, 6.07) is 0. The average Bonchev–Trinajstić information content (AvgIpc) is 2.26. The van der Waals surface area contributed by atoms with Crippen LogP contribution in [0.25, 0.3) is 0 Å². The third-order valence-corrected chi connectivity index (χ3v) is 1.63. The van der Waals surface area contributed by atoms with Crippen LogP contribution in [0.5, 0.6) is 0 Å². The molecule has 0 aliphatic heterocycles. The van der Waals surface area contributed by atoms with Gasteiger partial charge in [0.1, 0.15) is 0 Å². The van der Waals surface area contributed by atoms with Crippen molar-refractivity contribution in [1.29, 1.82) is 0 Å². The first kappa shape index (κ1) is 10.6. The zero-order valence-corrected chi connectivity index (χ0v) is 8.61. The molecule has 0 spiro atoms. The molecule has 0 aliphatic carbocycles. The Bertz CT molecular complexity index is 349. The molecule has 0 aromatic carbocycles. The maximum Gasteiger partial charge on any atom is 0.358 e. The molecule has 1 rings (SSSR count). The fraction of sp³-hybridized carbons (Fsp3) is 0.556. The van der Waals surface area contributed by atoms with Crippen molar-refractivity contribution in [2.75, 3.05) is 5.73 Å². The molecular formula is C9H15N3O2. The lowest BCUT2D eigenvalue weighted by Crippen LogP contribution is -2.16. The molecule has 0 fully saturated rings. The summed E-state index contributed by atoms with van der Waals surface area (Å²) in [5, 5.41) is 12.6. The summed E-state index contributed by atoms with van der Waals surface area (Å²) in [6.45, 7) is 6.78. The summed E-state index contributed by atoms with van der Waals surface area (Å²) in [5.41, 5.74) is 5.68. The normalized spacial score (nSPS) is 11.6. The standard InChI is InChI=1S/C9H15N3O2/c1-9(2,3)5-12-4-6(10)7(11-12)8(13)14/h4H,5,10H2,1-3H3,(H,13,14). The fourth-order valence-corrected chi connectivity index (χ4v) is 1.17. The van der Waals surface area contributed by atoms with E-state index in [1.165, 1.54) is 0 Å². The Balaban J connectivity index is 2.92. The molecule has 0 bridgehead atoms. The summed E-state index contributed by atoms with van der Waals surface area (Å²) in [5.74, 6) is -1.09. The number of carboxylic acids is 1. The number of nitrogens with zero attached hydrogens (tertiary/aromatic N) is 2. The molecule has 0 saturated heterocycles. The Morgan fingerprint density at radius 1 is 1.64 bits per heavy atom. The summed E-state index contributed by atoms with van der Waals surface area (Å²) in [7, 11) is 0. The topological polar surface area (TPSA) is 81.1 Å². The second-order valence-corrected chi connectivity index (χ2v) is 4.50. The van der Waals surface area contributed by atoms with Crippen molar-refractivity contribution >= 4 is 11.7 Å². The highest BCUT2D eigenvalue weighted by Crippen LogP contribution is 2.18. The van der Waals surface area contributed by atoms with E-state index in [1.54, 1.807) is 10.9 Å². The van der Waals surface area contributed by atoms with Crippen LogP contribution in [0.1, 0.15) is 31.3 Å². The van der Waals surface area contributed by atoms with Gasteiger partial charge in [-0.05, 0) is 5.41 Å². The number of carbonyl (C=O) groups is 1. The quantitative estimate of drug-likeness (QED) is 0.746. The Morgan fingerprint density at radius 2 is 2.21 bits per heavy atom. The van der Waals surface area contributed by atoms with Crippen LogP contribution in [0.15, 0.2) is 6.20 Å². The lowest BCUT2D eigenvalue weighted by molar-refractivity contribution is 0.0690. The van der Waals surface area contributed by atoms with Gasteiger partial charge in [0.05, 0.1) is 5.69 Å². The molecule has 0 atom stereocenters. The number of carboxylic acid groups (broad SMARTS) is 1. The first-order chi connectivity index (χ1) is 6.29. The number of nitrogen functional groups attached to an aromatic ring is 1. The molecule has 1 aromatic rings. The molecular weight excluding hydrogens is 182 g/mol. The van der Waals surface area contributed by atoms with E-state index in [9.17, 15) is 4.79 Å². The SMILES string of the molecule is CC(C)(C)Cn1cc(N)c(C(=O)O)n1. The van der Waals surface area contributed by atoms with E-state index in [4.69, 9.17) is 10.8 Å². The Labute approximate surface area is 82.5 Å². The minimum Gasteiger partial charge on any atom is -0.476 e. The Hall–Kier alpha value is -1.52. The molecule has 0 aliphatic rings. The van der Waals surface area contributed by atoms with Gasteiger partial charge in [-0.1, -0.05) is 20.8 Å². The lowest BCUT2D eigenvalue weighted by atomic mass is 9.97. The highest BCUT2D eigenvalue weighted by molar-refractivity contribution is 5.91. The zero-order chi connectivity index (χ0) is 10.9. The molecule has 1 heterocycles. The van der Waals surface area contributed by atoms with Gasteiger partial charge in [-0.2, -0.15) is 5.10 Å². The average molecular weight is 197 g/mol. The van der Waals surface area contributed by atoms with Gasteiger partial charge in [0, 0.05) is 12.7 Å². The van der Waals surface area contributed by atoms with Crippen LogP contribution in [0.2, 0.25) is 0 Å². The predicted molar refractivity (Wildman–Crippen MR) is 53.1 cm³/mol. The van der Waals surface area contributed by atoms with Crippen LogP contribution in [-0.4, -0.2) is 20.9 Å². The number of hydrogen-bond acceptors (Lipinski definition) is 3. The van der Waals surface area contributed by atoms with Gasteiger partial charge in [0.2, 0.25) is 0 Å². The van der Waals surface area contributed by atoms with E-state index in [-0.39, 0.29) is 16.8 Å². The smallest absolute Gasteiger partial charge is 0.358 e. The molecule has 0 amide bonds. The minimum atomic E-state index is -1.09. The third-order valence-electron chi connectivity index (χ3n) is 1.63. The molecule has 3 N–H and O–H groups in total. The summed E-state index contributed by atoms with van der Waals surface area (Å²) in [4.78, 5) is 10.6. The molecule has 14 heavy (non-hydrogen) atoms. The lowest BCUT2D eigenvalue weighted by Gasteiger charge is -2.17. The number of rotatable bonds is 2. The summed E-state index contributed by atoms with van der Waals surface area (Å²) < 4.78 is 1.57. The van der Waals surface area contributed by atoms with Crippen molar-refractivity contribution in [2.45, 2.75) is 27.3 Å². The molecule has 5 heteroatoms. The van der Waals surface area contributed by atoms with Crippen molar-refractivity contribution in [3.63, 3.8) is 0 Å². The number of hydrogen-bond donors (Lipinski definition) is 2. The third kappa shape index (κ3) is 2.48. The maximum absolute atomic E-state index is 10.6. The minimum absolute atomic E-state index is 0.0498. The largest absolute Gasteiger partial charge is 0.476 e. The van der Waals surface area contributed by atoms with Gasteiger partial charge in [0.25, 0.3) is 0 Å². The number of aromatic carboxylic acids is 1. The number of anilines is 1. The van der Waals surface area contributed by atoms with Crippen LogP contribution >= 0.6 is 0 Å². The van der Waals surface area contributed by atoms with Gasteiger partial charge >= 0.3 is 5.97 Å². The van der Waals surface area contributed by atoms with E-state index in [0.29, 0.717) is 6.54 Å². The van der Waals surface area contributed by atoms with Gasteiger partial charge in [-0.3, -0.25) is 4.68 Å². The van der Waals surface area contributed by atoms with Gasteiger partial charge in [-0.15, -0.1) is 0 Å². The fourth-order valence-electron chi connectivity index (χ4n) is 1.17. The predicted octanol–water partition coefficient (Wildman–Crippen LogP) is 1.21. The van der Waals surface area contributed by atoms with E-state index in [1.807, 2.05) is 20.8 Å². The molecule has 0 radical (unpaired) electrons. The van der Waals surface area contributed by atoms with Crippen molar-refractivity contribution in [2.24, 2.45) is 5.41 Å². The second-order valence-electron chi connectivity index (χ2n) is 4.50. The molecule has 78 valence electrons. The summed E-state index contributed by atoms with van der Waals surface area (Å²) >= 11 is 0. The first-order valence-electron chi connectivity index (χ1n) is 4.36. The molecule has 0 unspecified atom stereocenters. The van der Waals surface area contributed by atoms with Gasteiger partial charge in [0.15, 0.2) is 5.69 Å². The van der Waals surface area contributed by atoms with E-state index in [0.717, 1.165) is 0 Å². The highest BCUT2D eigenvalue weighted by atomic mass is 16.4. The van der Waals surface area contributed by atoms with Crippen LogP contribution < -0.4 is 5.73 Å². The van der Waals surface area contributed by atoms with E-state index in [2.05, 4.69) is 5.10 Å². The van der Waals surface area contributed by atoms with Gasteiger partial charge in [-0.25, -0.2) is 4.79 Å². The van der Waals surface area contributed by atoms with Crippen molar-refractivity contribution in [1.82, 2.24) is 9.78 Å². The van der Waals surface area contributed by atoms with Gasteiger partial charge < -0.3 is 10.8 Å². The molecule has 0 saturated carbocycles. The zero-order valence-electron chi connectivity index (χ0n) is 8.61. The number of nitrogens with two attached hydrogens (primary N) is 1. The maximum atomic E-state index is 10.6. The van der Waals surface area contributed by atoms with Crippen LogP contribution in [0.3, 0.4) is 0 Å². The van der Waals surface area contributed by atoms with Crippen molar-refractivity contribution < 1.29 is 9.90 Å². The first-order valence-corrected chi connectivity index (χ1v) is 4.36. The van der Waals surface area contributed by atoms with Crippen LogP contribution in [0, 0.1) is 5.41 Å². The summed E-state index contributed by atoms with van der Waals surface area (Å²) in [6.07, 6.45) is 1.55. The van der Waals surface area contributed by atoms with E-state index < -0.39 is 5.97 Å². The second kappa shape index (κ2) is 3.32.